The summed E-state index contributed by atoms with van der Waals surface area (Å²) in [6.45, 7) is 13.3. The van der Waals surface area contributed by atoms with Crippen LogP contribution in [0.5, 0.6) is 0 Å². The summed E-state index contributed by atoms with van der Waals surface area (Å²) >= 11 is 0. The minimum Gasteiger partial charge on any atom is -0.309 e. The van der Waals surface area contributed by atoms with E-state index in [2.05, 4.69) is 32.6 Å². The molecule has 0 aromatic heterocycles. The second-order valence-corrected chi connectivity index (χ2v) is 14.1. The molecule has 0 aliphatic carbocycles. The first-order chi connectivity index (χ1) is 19.1. The van der Waals surface area contributed by atoms with Crippen molar-refractivity contribution >= 4 is 7.60 Å². The lowest BCUT2D eigenvalue weighted by molar-refractivity contribution is 0.191. The summed E-state index contributed by atoms with van der Waals surface area (Å²) in [7, 11) is -3.05. The van der Waals surface area contributed by atoms with Crippen molar-refractivity contribution in [2.75, 3.05) is 39.0 Å². The molecule has 0 fully saturated rings. The predicted molar refractivity (Wildman–Crippen MR) is 174 cm³/mol. The number of hydrogen-bond acceptors (Lipinski definition) is 4. The summed E-state index contributed by atoms with van der Waals surface area (Å²) in [6.07, 6.45) is 31.0. The highest BCUT2D eigenvalue weighted by molar-refractivity contribution is 7.53. The van der Waals surface area contributed by atoms with Crippen LogP contribution in [0.4, 0.5) is 0 Å². The van der Waals surface area contributed by atoms with Crippen LogP contribution in [0, 0.1) is 0 Å². The van der Waals surface area contributed by atoms with E-state index >= 15 is 0 Å². The lowest BCUT2D eigenvalue weighted by Crippen LogP contribution is -2.29. The first-order valence-electron chi connectivity index (χ1n) is 17.7. The van der Waals surface area contributed by atoms with E-state index in [9.17, 15) is 4.57 Å². The number of nitrogens with zero attached hydrogens (tertiary/aromatic N) is 1. The smallest absolute Gasteiger partial charge is 0.309 e. The maximum Gasteiger partial charge on any atom is 0.331 e. The monoisotopic (exact) mass is 574 g/mol. The van der Waals surface area contributed by atoms with E-state index in [1.807, 2.05) is 0 Å². The molecule has 0 aromatic rings. The quantitative estimate of drug-likeness (QED) is 0.0578. The van der Waals surface area contributed by atoms with Gasteiger partial charge in [-0.2, -0.15) is 0 Å². The Morgan fingerprint density at radius 1 is 0.410 bits per heavy atom. The lowest BCUT2D eigenvalue weighted by Gasteiger charge is -2.25. The molecular formula is C34H72NO3P. The zero-order chi connectivity index (χ0) is 28.7. The summed E-state index contributed by atoms with van der Waals surface area (Å²) in [6, 6.07) is 0. The highest BCUT2D eigenvalue weighted by Gasteiger charge is 2.25. The van der Waals surface area contributed by atoms with Crippen LogP contribution in [-0.2, 0) is 13.6 Å². The Labute approximate surface area is 246 Å². The van der Waals surface area contributed by atoms with E-state index in [0.29, 0.717) is 19.4 Å². The second kappa shape index (κ2) is 31.1. The Balaban J connectivity index is 4.74. The third-order valence-corrected chi connectivity index (χ3v) is 9.82. The van der Waals surface area contributed by atoms with Gasteiger partial charge in [-0.1, -0.05) is 156 Å². The van der Waals surface area contributed by atoms with Crippen molar-refractivity contribution in [3.8, 4) is 0 Å². The van der Waals surface area contributed by atoms with E-state index < -0.39 is 7.60 Å². The number of hydrogen-bond donors (Lipinski definition) is 0. The molecule has 4 nitrogen and oxygen atoms in total. The molecule has 0 heterocycles. The van der Waals surface area contributed by atoms with Crippen molar-refractivity contribution in [3.05, 3.63) is 0 Å². The second-order valence-electron chi connectivity index (χ2n) is 11.9. The van der Waals surface area contributed by atoms with Gasteiger partial charge < -0.3 is 13.9 Å². The lowest BCUT2D eigenvalue weighted by atomic mass is 10.1. The molecule has 0 spiro atoms. The average molecular weight is 574 g/mol. The van der Waals surface area contributed by atoms with Gasteiger partial charge >= 0.3 is 7.60 Å². The molecule has 0 atom stereocenters. The molecule has 0 amide bonds. The molecule has 39 heavy (non-hydrogen) atoms. The van der Waals surface area contributed by atoms with Crippen LogP contribution in [0.3, 0.4) is 0 Å². The molecule has 0 aliphatic rings. The van der Waals surface area contributed by atoms with Gasteiger partial charge in [0, 0.05) is 6.54 Å². The van der Waals surface area contributed by atoms with Crippen LogP contribution >= 0.6 is 7.60 Å². The normalized spacial score (nSPS) is 12.1. The van der Waals surface area contributed by atoms with Crippen molar-refractivity contribution in [3.63, 3.8) is 0 Å². The van der Waals surface area contributed by atoms with Gasteiger partial charge in [0.1, 0.15) is 0 Å². The molecule has 236 valence electrons. The molecule has 5 heteroatoms. The van der Waals surface area contributed by atoms with E-state index in [4.69, 9.17) is 9.05 Å². The zero-order valence-corrected chi connectivity index (χ0v) is 28.2. The number of unbranched alkanes of at least 4 members (excludes halogenated alkanes) is 20. The molecular weight excluding hydrogens is 501 g/mol. The molecule has 0 N–H and O–H groups in total. The van der Waals surface area contributed by atoms with E-state index in [1.165, 1.54) is 141 Å². The van der Waals surface area contributed by atoms with E-state index in [0.717, 1.165) is 32.5 Å². The molecule has 0 radical (unpaired) electrons. The maximum absolute atomic E-state index is 13.8. The number of rotatable bonds is 33. The fraction of sp³-hybridized carbons (Fsp3) is 1.00. The summed E-state index contributed by atoms with van der Waals surface area (Å²) in [5.74, 6) is 0. The molecule has 0 saturated heterocycles. The van der Waals surface area contributed by atoms with Crippen LogP contribution in [0.15, 0.2) is 0 Å². The molecule has 0 rings (SSSR count). The minimum atomic E-state index is -3.05. The molecule has 0 saturated carbocycles. The van der Waals surface area contributed by atoms with Crippen molar-refractivity contribution < 1.29 is 13.6 Å². The molecule has 0 aromatic carbocycles. The van der Waals surface area contributed by atoms with Gasteiger partial charge in [-0.15, -0.1) is 0 Å². The third kappa shape index (κ3) is 28.0. The van der Waals surface area contributed by atoms with Crippen LogP contribution in [0.25, 0.3) is 0 Å². The average Bonchev–Trinajstić information content (AvgIpc) is 2.94. The van der Waals surface area contributed by atoms with Gasteiger partial charge in [0.25, 0.3) is 0 Å². The molecule has 0 bridgehead atoms. The largest absolute Gasteiger partial charge is 0.331 e. The van der Waals surface area contributed by atoms with Crippen molar-refractivity contribution in [2.45, 2.75) is 182 Å². The Bertz CT molecular complexity index is 479. The first-order valence-corrected chi connectivity index (χ1v) is 19.4. The third-order valence-electron chi connectivity index (χ3n) is 7.92. The van der Waals surface area contributed by atoms with Crippen molar-refractivity contribution in [1.29, 1.82) is 0 Å². The Morgan fingerprint density at radius 3 is 1.08 bits per heavy atom. The SMILES string of the molecule is CCCCCCCCOP(=O)(CCN(CCCCCCCC)CCCCCCCC)OCCCCCCCC. The van der Waals surface area contributed by atoms with Crippen LogP contribution in [0.1, 0.15) is 182 Å². The summed E-state index contributed by atoms with van der Waals surface area (Å²) in [5.41, 5.74) is 0. The van der Waals surface area contributed by atoms with Crippen LogP contribution in [0.2, 0.25) is 0 Å². The molecule has 0 unspecified atom stereocenters. The van der Waals surface area contributed by atoms with Crippen molar-refractivity contribution in [1.82, 2.24) is 4.90 Å². The van der Waals surface area contributed by atoms with Crippen molar-refractivity contribution in [2.24, 2.45) is 0 Å². The van der Waals surface area contributed by atoms with E-state index in [1.54, 1.807) is 0 Å². The Kier molecular flexibility index (Phi) is 31.1. The fourth-order valence-corrected chi connectivity index (χ4v) is 6.84. The fourth-order valence-electron chi connectivity index (χ4n) is 5.17. The van der Waals surface area contributed by atoms with Gasteiger partial charge in [0.15, 0.2) is 0 Å². The van der Waals surface area contributed by atoms with Crippen LogP contribution < -0.4 is 0 Å². The van der Waals surface area contributed by atoms with Gasteiger partial charge in [0.05, 0.1) is 19.4 Å². The van der Waals surface area contributed by atoms with Gasteiger partial charge in [-0.05, 0) is 38.8 Å². The van der Waals surface area contributed by atoms with Gasteiger partial charge in [-0.25, -0.2) is 0 Å². The molecule has 0 aliphatic heterocycles. The Morgan fingerprint density at radius 2 is 0.718 bits per heavy atom. The summed E-state index contributed by atoms with van der Waals surface area (Å²) < 4.78 is 26.0. The predicted octanol–water partition coefficient (Wildman–Crippen LogP) is 12.0. The van der Waals surface area contributed by atoms with Crippen LogP contribution in [-0.4, -0.2) is 43.9 Å². The van der Waals surface area contributed by atoms with E-state index in [-0.39, 0.29) is 0 Å². The Hall–Kier alpha value is 0.110. The summed E-state index contributed by atoms with van der Waals surface area (Å²) in [4.78, 5) is 2.56. The van der Waals surface area contributed by atoms with Gasteiger partial charge in [-0.3, -0.25) is 4.57 Å². The zero-order valence-electron chi connectivity index (χ0n) is 27.3. The first kappa shape index (κ1) is 39.1. The topological polar surface area (TPSA) is 38.8 Å². The minimum absolute atomic E-state index is 0.546. The maximum atomic E-state index is 13.8. The highest BCUT2D eigenvalue weighted by Crippen LogP contribution is 2.48. The van der Waals surface area contributed by atoms with Gasteiger partial charge in [0.2, 0.25) is 0 Å². The summed E-state index contributed by atoms with van der Waals surface area (Å²) in [5, 5.41) is 0. The highest BCUT2D eigenvalue weighted by atomic mass is 31.2. The standard InChI is InChI=1S/C34H72NO3P/c1-5-9-13-17-21-25-29-35(30-26-22-18-14-10-6-2)31-34-39(36,37-32-27-23-19-15-11-7-3)38-33-28-24-20-16-12-8-4/h5-34H2,1-4H3.